The zero-order valence-electron chi connectivity index (χ0n) is 15.5. The molecule has 0 spiro atoms. The summed E-state index contributed by atoms with van der Waals surface area (Å²) < 4.78 is 0. The van der Waals surface area contributed by atoms with E-state index in [9.17, 15) is 0 Å². The van der Waals surface area contributed by atoms with Gasteiger partial charge >= 0.3 is 0 Å². The third-order valence-electron chi connectivity index (χ3n) is 4.27. The fourth-order valence-corrected chi connectivity index (χ4v) is 5.42. The zero-order valence-corrected chi connectivity index (χ0v) is 18.1. The lowest BCUT2D eigenvalue weighted by molar-refractivity contribution is 0.400. The van der Waals surface area contributed by atoms with Crippen LogP contribution in [0, 0.1) is 0 Å². The highest BCUT2D eigenvalue weighted by molar-refractivity contribution is 8.93. The van der Waals surface area contributed by atoms with Gasteiger partial charge in [-0.05, 0) is 62.9 Å². The van der Waals surface area contributed by atoms with Crippen molar-refractivity contribution in [1.29, 1.82) is 0 Å². The molecule has 0 fully saturated rings. The Balaban J connectivity index is 0.00000243. The number of rotatable bonds is 7. The van der Waals surface area contributed by atoms with Gasteiger partial charge in [0.1, 0.15) is 0 Å². The Hall–Kier alpha value is -1.47. The summed E-state index contributed by atoms with van der Waals surface area (Å²) in [6.45, 7) is 1.14. The Kier molecular flexibility index (Phi) is 8.51. The van der Waals surface area contributed by atoms with Gasteiger partial charge in [-0.2, -0.15) is 0 Å². The first-order valence-corrected chi connectivity index (χ1v) is 10.2. The van der Waals surface area contributed by atoms with E-state index in [1.165, 1.54) is 27.9 Å². The van der Waals surface area contributed by atoms with Crippen LogP contribution in [-0.4, -0.2) is 25.5 Å². The van der Waals surface area contributed by atoms with Gasteiger partial charge in [-0.25, -0.2) is 0 Å². The van der Waals surface area contributed by atoms with E-state index in [0.29, 0.717) is 0 Å². The Morgan fingerprint density at radius 1 is 0.692 bits per heavy atom. The van der Waals surface area contributed by atoms with Gasteiger partial charge < -0.3 is 4.90 Å². The van der Waals surface area contributed by atoms with E-state index in [1.807, 2.05) is 0 Å². The maximum Gasteiger partial charge on any atom is -0.00217 e. The van der Waals surface area contributed by atoms with Crippen molar-refractivity contribution in [1.82, 2.24) is 4.90 Å². The van der Waals surface area contributed by atoms with Crippen LogP contribution in [0.25, 0.3) is 0 Å². The average Bonchev–Trinajstić information content (AvgIpc) is 2.64. The lowest BCUT2D eigenvalue weighted by Crippen LogP contribution is -2.21. The molecule has 0 saturated heterocycles. The molecule has 3 aromatic carbocycles. The summed E-state index contributed by atoms with van der Waals surface area (Å²) in [6, 6.07) is 31.0. The van der Waals surface area contributed by atoms with Gasteiger partial charge in [0.15, 0.2) is 0 Å². The predicted molar refractivity (Wildman–Crippen MR) is 122 cm³/mol. The SMILES string of the molecule is Br.CN(C)CCCc1cccc(P(c2ccccc2)c2ccccc2)c1. The summed E-state index contributed by atoms with van der Waals surface area (Å²) >= 11 is 0. The standard InChI is InChI=1S/C23H26NP.BrH/c1-24(2)18-10-12-20-11-9-17-23(19-20)25(21-13-5-3-6-14-21)22-15-7-4-8-16-22;/h3-9,11,13-17,19H,10,12,18H2,1-2H3;1H. The minimum atomic E-state index is -0.500. The van der Waals surface area contributed by atoms with E-state index < -0.39 is 7.92 Å². The molecule has 3 heteroatoms. The number of nitrogens with zero attached hydrogens (tertiary/aromatic N) is 1. The normalized spacial score (nSPS) is 10.8. The lowest BCUT2D eigenvalue weighted by atomic mass is 10.1. The van der Waals surface area contributed by atoms with E-state index in [2.05, 4.69) is 104 Å². The first-order chi connectivity index (χ1) is 12.2. The molecule has 0 amide bonds. The summed E-state index contributed by atoms with van der Waals surface area (Å²) in [6.07, 6.45) is 2.34. The summed E-state index contributed by atoms with van der Waals surface area (Å²) in [4.78, 5) is 2.25. The molecule has 26 heavy (non-hydrogen) atoms. The Morgan fingerprint density at radius 3 is 1.77 bits per heavy atom. The minimum Gasteiger partial charge on any atom is -0.309 e. The molecule has 0 radical (unpaired) electrons. The molecule has 0 N–H and O–H groups in total. The van der Waals surface area contributed by atoms with Gasteiger partial charge in [-0.15, -0.1) is 17.0 Å². The van der Waals surface area contributed by atoms with E-state index in [1.54, 1.807) is 0 Å². The number of halogens is 1. The van der Waals surface area contributed by atoms with Crippen molar-refractivity contribution in [3.63, 3.8) is 0 Å². The molecule has 0 atom stereocenters. The van der Waals surface area contributed by atoms with Crippen molar-refractivity contribution in [3.8, 4) is 0 Å². The van der Waals surface area contributed by atoms with E-state index in [-0.39, 0.29) is 17.0 Å². The molecular formula is C23H27BrNP. The number of benzene rings is 3. The Bertz CT molecular complexity index is 735. The van der Waals surface area contributed by atoms with Crippen LogP contribution in [0.2, 0.25) is 0 Å². The molecule has 0 bridgehead atoms. The van der Waals surface area contributed by atoms with E-state index in [0.717, 1.165) is 13.0 Å². The maximum absolute atomic E-state index is 2.42. The number of hydrogen-bond acceptors (Lipinski definition) is 1. The molecular weight excluding hydrogens is 401 g/mol. The summed E-state index contributed by atoms with van der Waals surface area (Å²) in [5.41, 5.74) is 1.44. The van der Waals surface area contributed by atoms with Gasteiger partial charge in [0, 0.05) is 0 Å². The molecule has 0 aliphatic rings. The smallest absolute Gasteiger partial charge is 0.00217 e. The molecule has 1 nitrogen and oxygen atoms in total. The van der Waals surface area contributed by atoms with Crippen molar-refractivity contribution in [2.24, 2.45) is 0 Å². The lowest BCUT2D eigenvalue weighted by Gasteiger charge is -2.20. The van der Waals surface area contributed by atoms with E-state index in [4.69, 9.17) is 0 Å². The minimum absolute atomic E-state index is 0. The second-order valence-corrected chi connectivity index (χ2v) is 8.80. The second-order valence-electron chi connectivity index (χ2n) is 6.58. The highest BCUT2D eigenvalue weighted by Crippen LogP contribution is 2.32. The van der Waals surface area contributed by atoms with Crippen LogP contribution in [0.15, 0.2) is 84.9 Å². The summed E-state index contributed by atoms with van der Waals surface area (Å²) in [5.74, 6) is 0. The van der Waals surface area contributed by atoms with Crippen molar-refractivity contribution >= 4 is 40.8 Å². The molecule has 3 aromatic rings. The first-order valence-electron chi connectivity index (χ1n) is 8.88. The first kappa shape index (κ1) is 20.8. The fourth-order valence-electron chi connectivity index (χ4n) is 3.05. The highest BCUT2D eigenvalue weighted by atomic mass is 79.9. The summed E-state index contributed by atoms with van der Waals surface area (Å²) in [5, 5.41) is 4.26. The molecule has 0 aliphatic carbocycles. The van der Waals surface area contributed by atoms with Crippen molar-refractivity contribution in [2.75, 3.05) is 20.6 Å². The topological polar surface area (TPSA) is 3.24 Å². The number of hydrogen-bond donors (Lipinski definition) is 0. The van der Waals surface area contributed by atoms with Gasteiger partial charge in [0.25, 0.3) is 0 Å². The second kappa shape index (κ2) is 10.6. The largest absolute Gasteiger partial charge is 0.309 e. The molecule has 0 heterocycles. The van der Waals surface area contributed by atoms with E-state index >= 15 is 0 Å². The van der Waals surface area contributed by atoms with Crippen LogP contribution in [0.3, 0.4) is 0 Å². The van der Waals surface area contributed by atoms with Crippen molar-refractivity contribution in [3.05, 3.63) is 90.5 Å². The van der Waals surface area contributed by atoms with Crippen molar-refractivity contribution in [2.45, 2.75) is 12.8 Å². The molecule has 0 aliphatic heterocycles. The Morgan fingerprint density at radius 2 is 1.23 bits per heavy atom. The molecule has 0 unspecified atom stereocenters. The highest BCUT2D eigenvalue weighted by Gasteiger charge is 2.16. The Labute approximate surface area is 169 Å². The third kappa shape index (κ3) is 5.77. The van der Waals surface area contributed by atoms with Crippen LogP contribution in [-0.2, 0) is 6.42 Å². The number of aryl methyl sites for hydroxylation is 1. The monoisotopic (exact) mass is 427 g/mol. The van der Waals surface area contributed by atoms with Crippen molar-refractivity contribution < 1.29 is 0 Å². The van der Waals surface area contributed by atoms with Gasteiger partial charge in [0.05, 0.1) is 0 Å². The predicted octanol–water partition coefficient (Wildman–Crippen LogP) is 4.52. The van der Waals surface area contributed by atoms with Crippen LogP contribution in [0.4, 0.5) is 0 Å². The summed E-state index contributed by atoms with van der Waals surface area (Å²) in [7, 11) is 3.78. The fraction of sp³-hybridized carbons (Fsp3) is 0.217. The van der Waals surface area contributed by atoms with Crippen LogP contribution >= 0.6 is 24.9 Å². The quantitative estimate of drug-likeness (QED) is 0.501. The molecule has 3 rings (SSSR count). The molecule has 0 saturated carbocycles. The van der Waals surface area contributed by atoms with Gasteiger partial charge in [-0.1, -0.05) is 84.9 Å². The zero-order chi connectivity index (χ0) is 17.5. The van der Waals surface area contributed by atoms with Gasteiger partial charge in [-0.3, -0.25) is 0 Å². The third-order valence-corrected chi connectivity index (χ3v) is 6.69. The maximum atomic E-state index is 2.42. The van der Waals surface area contributed by atoms with Crippen LogP contribution in [0.1, 0.15) is 12.0 Å². The average molecular weight is 428 g/mol. The molecule has 0 aromatic heterocycles. The molecule has 136 valence electrons. The van der Waals surface area contributed by atoms with Gasteiger partial charge in [0.2, 0.25) is 0 Å². The van der Waals surface area contributed by atoms with Crippen LogP contribution < -0.4 is 15.9 Å². The van der Waals surface area contributed by atoms with Crippen LogP contribution in [0.5, 0.6) is 0 Å².